The minimum Gasteiger partial charge on any atom is -0.478 e. The van der Waals surface area contributed by atoms with Crippen molar-refractivity contribution in [2.45, 2.75) is 36.1 Å². The van der Waals surface area contributed by atoms with Crippen molar-refractivity contribution in [2.24, 2.45) is 0 Å². The highest BCUT2D eigenvalue weighted by Gasteiger charge is 2.44. The first-order chi connectivity index (χ1) is 17.8. The summed E-state index contributed by atoms with van der Waals surface area (Å²) >= 11 is 0. The maximum Gasteiger partial charge on any atom is 0.345 e. The molecule has 0 spiro atoms. The van der Waals surface area contributed by atoms with Gasteiger partial charge >= 0.3 is 5.97 Å². The van der Waals surface area contributed by atoms with E-state index in [4.69, 9.17) is 0 Å². The number of carboxylic acids is 1. The SMILES string of the molecule is O=C(NC(CCCCNC1NC=CCN1)(NS(=O)(=O)c1ccccc1)C(=O)O)c1ccc2cn[nH]c2c1. The number of unbranched alkanes of at least 4 members (excludes halogenated alkanes) is 1. The Kier molecular flexibility index (Phi) is 8.18. The molecule has 0 bridgehead atoms. The predicted molar refractivity (Wildman–Crippen MR) is 137 cm³/mol. The number of H-pyrrole nitrogens is 1. The molecule has 7 N–H and O–H groups in total. The number of nitrogens with one attached hydrogen (secondary N) is 6. The summed E-state index contributed by atoms with van der Waals surface area (Å²) in [4.78, 5) is 25.6. The van der Waals surface area contributed by atoms with Gasteiger partial charge in [-0.3, -0.25) is 20.5 Å². The number of rotatable bonds is 12. The molecular weight excluding hydrogens is 498 g/mol. The predicted octanol–water partition coefficient (Wildman–Crippen LogP) is 0.802. The average molecular weight is 528 g/mol. The Morgan fingerprint density at radius 3 is 2.68 bits per heavy atom. The molecule has 196 valence electrons. The van der Waals surface area contributed by atoms with Gasteiger partial charge in [-0.2, -0.15) is 9.82 Å². The number of hydrogen-bond acceptors (Lipinski definition) is 8. The van der Waals surface area contributed by atoms with Gasteiger partial charge in [0.15, 0.2) is 0 Å². The van der Waals surface area contributed by atoms with Crippen LogP contribution < -0.4 is 26.0 Å². The zero-order valence-electron chi connectivity index (χ0n) is 19.9. The van der Waals surface area contributed by atoms with Crippen LogP contribution in [-0.4, -0.2) is 60.6 Å². The lowest BCUT2D eigenvalue weighted by Gasteiger charge is -2.31. The summed E-state index contributed by atoms with van der Waals surface area (Å²) in [7, 11) is -4.28. The summed E-state index contributed by atoms with van der Waals surface area (Å²) in [6.45, 7) is 1.24. The first-order valence-electron chi connectivity index (χ1n) is 11.7. The van der Waals surface area contributed by atoms with Gasteiger partial charge in [0.25, 0.3) is 5.91 Å². The van der Waals surface area contributed by atoms with Crippen molar-refractivity contribution in [3.63, 3.8) is 0 Å². The van der Waals surface area contributed by atoms with Crippen LogP contribution in [0, 0.1) is 0 Å². The third-order valence-corrected chi connectivity index (χ3v) is 7.42. The van der Waals surface area contributed by atoms with E-state index >= 15 is 0 Å². The molecule has 1 aliphatic rings. The van der Waals surface area contributed by atoms with Crippen molar-refractivity contribution in [3.8, 4) is 0 Å². The Hall–Kier alpha value is -3.78. The maximum absolute atomic E-state index is 13.2. The molecule has 2 unspecified atom stereocenters. The first kappa shape index (κ1) is 26.3. The fourth-order valence-corrected chi connectivity index (χ4v) is 5.27. The Morgan fingerprint density at radius 2 is 1.95 bits per heavy atom. The number of sulfonamides is 1. The number of nitrogens with zero attached hydrogens (tertiary/aromatic N) is 1. The summed E-state index contributed by atoms with van der Waals surface area (Å²) in [5.41, 5.74) is -1.53. The second-order valence-electron chi connectivity index (χ2n) is 8.58. The summed E-state index contributed by atoms with van der Waals surface area (Å²) in [5.74, 6) is -2.26. The highest BCUT2D eigenvalue weighted by Crippen LogP contribution is 2.20. The highest BCUT2D eigenvalue weighted by molar-refractivity contribution is 7.89. The smallest absolute Gasteiger partial charge is 0.345 e. The van der Waals surface area contributed by atoms with Crippen LogP contribution in [0.3, 0.4) is 0 Å². The van der Waals surface area contributed by atoms with Crippen LogP contribution in [0.25, 0.3) is 10.9 Å². The number of aliphatic carboxylic acids is 1. The van der Waals surface area contributed by atoms with Crippen molar-refractivity contribution >= 4 is 32.8 Å². The Balaban J connectivity index is 1.53. The van der Waals surface area contributed by atoms with Crippen molar-refractivity contribution in [2.75, 3.05) is 13.1 Å². The molecular formula is C24H29N7O5S. The van der Waals surface area contributed by atoms with Crippen molar-refractivity contribution in [1.29, 1.82) is 0 Å². The van der Waals surface area contributed by atoms with Gasteiger partial charge in [0.1, 0.15) is 6.29 Å². The molecule has 37 heavy (non-hydrogen) atoms. The zero-order valence-corrected chi connectivity index (χ0v) is 20.7. The third kappa shape index (κ3) is 6.51. The molecule has 0 aliphatic carbocycles. The number of hydrogen-bond donors (Lipinski definition) is 7. The standard InChI is InChI=1S/C24H29N7O5S/c32-21(17-9-10-18-16-28-30-20(18)15-17)29-24(22(33)34,31-37(35,36)19-7-2-1-3-8-19)11-4-5-12-25-23-26-13-6-14-27-23/h1-3,6-10,13,15-16,23,25-27,31H,4-5,11-12,14H2,(H,28,30)(H,29,32)(H,33,34). The van der Waals surface area contributed by atoms with Gasteiger partial charge in [-0.25, -0.2) is 13.2 Å². The molecule has 4 rings (SSSR count). The van der Waals surface area contributed by atoms with Gasteiger partial charge in [0.05, 0.1) is 16.6 Å². The number of aromatic nitrogens is 2. The topological polar surface area (TPSA) is 177 Å². The summed E-state index contributed by atoms with van der Waals surface area (Å²) in [6.07, 6.45) is 5.89. The second-order valence-corrected chi connectivity index (χ2v) is 10.3. The highest BCUT2D eigenvalue weighted by atomic mass is 32.2. The zero-order chi connectivity index (χ0) is 26.3. The summed E-state index contributed by atoms with van der Waals surface area (Å²) in [6, 6.07) is 12.1. The normalized spacial score (nSPS) is 17.1. The van der Waals surface area contributed by atoms with Crippen LogP contribution in [0.15, 0.2) is 71.9 Å². The average Bonchev–Trinajstić information content (AvgIpc) is 3.37. The maximum atomic E-state index is 13.2. The van der Waals surface area contributed by atoms with E-state index in [1.807, 2.05) is 12.3 Å². The molecule has 3 aromatic rings. The molecule has 0 saturated heterocycles. The van der Waals surface area contributed by atoms with E-state index in [9.17, 15) is 23.1 Å². The van der Waals surface area contributed by atoms with Crippen LogP contribution >= 0.6 is 0 Å². The molecule has 2 aromatic carbocycles. The van der Waals surface area contributed by atoms with E-state index in [1.165, 1.54) is 36.4 Å². The lowest BCUT2D eigenvalue weighted by Crippen LogP contribution is -2.65. The molecule has 1 amide bonds. The van der Waals surface area contributed by atoms with Crippen molar-refractivity contribution in [1.82, 2.24) is 36.2 Å². The monoisotopic (exact) mass is 527 g/mol. The van der Waals surface area contributed by atoms with Crippen LogP contribution in [0.2, 0.25) is 0 Å². The first-order valence-corrected chi connectivity index (χ1v) is 13.2. The molecule has 1 aliphatic heterocycles. The van der Waals surface area contributed by atoms with Crippen LogP contribution in [0.5, 0.6) is 0 Å². The molecule has 12 nitrogen and oxygen atoms in total. The molecule has 0 fully saturated rings. The number of carbonyl (C=O) groups excluding carboxylic acids is 1. The fourth-order valence-electron chi connectivity index (χ4n) is 3.94. The van der Waals surface area contributed by atoms with E-state index in [2.05, 4.69) is 36.2 Å². The number of carboxylic acid groups (broad SMARTS) is 1. The van der Waals surface area contributed by atoms with Gasteiger partial charge < -0.3 is 15.7 Å². The number of carbonyl (C=O) groups is 2. The Labute approximate surface area is 214 Å². The Morgan fingerprint density at radius 1 is 1.14 bits per heavy atom. The number of fused-ring (bicyclic) bond motifs is 1. The summed E-state index contributed by atoms with van der Waals surface area (Å²) < 4.78 is 28.5. The van der Waals surface area contributed by atoms with Crippen LogP contribution in [-0.2, 0) is 14.8 Å². The molecule has 1 aromatic heterocycles. The molecule has 0 saturated carbocycles. The molecule has 2 atom stereocenters. The minimum atomic E-state index is -4.28. The summed E-state index contributed by atoms with van der Waals surface area (Å²) in [5, 5.41) is 29.6. The number of amides is 1. The van der Waals surface area contributed by atoms with Gasteiger partial charge in [-0.05, 0) is 56.3 Å². The molecule has 13 heteroatoms. The quantitative estimate of drug-likeness (QED) is 0.133. The van der Waals surface area contributed by atoms with E-state index in [1.54, 1.807) is 18.3 Å². The lowest BCUT2D eigenvalue weighted by molar-refractivity contribution is -0.145. The van der Waals surface area contributed by atoms with Crippen molar-refractivity contribution < 1.29 is 23.1 Å². The largest absolute Gasteiger partial charge is 0.478 e. The van der Waals surface area contributed by atoms with Crippen LogP contribution in [0.1, 0.15) is 29.6 Å². The molecule has 2 heterocycles. The lowest BCUT2D eigenvalue weighted by atomic mass is 10.0. The third-order valence-electron chi connectivity index (χ3n) is 5.91. The van der Waals surface area contributed by atoms with Gasteiger partial charge in [-0.15, -0.1) is 0 Å². The second kappa shape index (κ2) is 11.5. The van der Waals surface area contributed by atoms with Gasteiger partial charge in [0.2, 0.25) is 15.7 Å². The molecule has 0 radical (unpaired) electrons. The van der Waals surface area contributed by atoms with E-state index < -0.39 is 27.6 Å². The van der Waals surface area contributed by atoms with E-state index in [-0.39, 0.29) is 23.2 Å². The van der Waals surface area contributed by atoms with E-state index in [0.29, 0.717) is 31.4 Å². The van der Waals surface area contributed by atoms with E-state index in [0.717, 1.165) is 5.39 Å². The fraction of sp³-hybridized carbons (Fsp3) is 0.292. The minimum absolute atomic E-state index is 0.113. The van der Waals surface area contributed by atoms with Gasteiger partial charge in [-0.1, -0.05) is 30.3 Å². The Bertz CT molecular complexity index is 1380. The number of benzene rings is 2. The van der Waals surface area contributed by atoms with Crippen molar-refractivity contribution in [3.05, 3.63) is 72.6 Å². The van der Waals surface area contributed by atoms with Gasteiger partial charge in [0, 0.05) is 17.5 Å². The van der Waals surface area contributed by atoms with Crippen LogP contribution in [0.4, 0.5) is 0 Å². The number of aromatic amines is 1.